The number of hydrogen-bond donors (Lipinski definition) is 0. The van der Waals surface area contributed by atoms with Crippen molar-refractivity contribution in [1.29, 1.82) is 0 Å². The van der Waals surface area contributed by atoms with Crippen LogP contribution in [0.25, 0.3) is 0 Å². The van der Waals surface area contributed by atoms with Crippen LogP contribution in [0, 0.1) is 5.41 Å². The summed E-state index contributed by atoms with van der Waals surface area (Å²) < 4.78 is 10.5. The van der Waals surface area contributed by atoms with E-state index in [2.05, 4.69) is 18.8 Å². The molecule has 1 aliphatic rings. The van der Waals surface area contributed by atoms with Gasteiger partial charge in [-0.3, -0.25) is 9.59 Å². The topological polar surface area (TPSA) is 68.7 Å². The first kappa shape index (κ1) is 18.9. The molecule has 24 heavy (non-hydrogen) atoms. The molecule has 1 aromatic heterocycles. The van der Waals surface area contributed by atoms with Crippen LogP contribution in [0.4, 0.5) is 0 Å². The number of rotatable bonds is 6. The van der Waals surface area contributed by atoms with Crippen LogP contribution in [0.5, 0.6) is 0 Å². The molecule has 2 heterocycles. The molecule has 6 nitrogen and oxygen atoms in total. The Morgan fingerprint density at radius 1 is 1.46 bits per heavy atom. The van der Waals surface area contributed by atoms with Gasteiger partial charge in [0.1, 0.15) is 10.3 Å². The summed E-state index contributed by atoms with van der Waals surface area (Å²) in [7, 11) is 1.57. The lowest BCUT2D eigenvalue weighted by Crippen LogP contribution is -2.52. The molecule has 0 bridgehead atoms. The van der Waals surface area contributed by atoms with E-state index in [1.165, 1.54) is 11.3 Å². The number of esters is 1. The molecule has 1 atom stereocenters. The first-order chi connectivity index (χ1) is 11.4. The van der Waals surface area contributed by atoms with Gasteiger partial charge in [-0.1, -0.05) is 13.8 Å². The first-order valence-corrected chi connectivity index (χ1v) is 9.16. The summed E-state index contributed by atoms with van der Waals surface area (Å²) in [5.41, 5.74) is -0.774. The van der Waals surface area contributed by atoms with Crippen LogP contribution < -0.4 is 0 Å². The zero-order valence-corrected chi connectivity index (χ0v) is 15.6. The maximum Gasteiger partial charge on any atom is 0.316 e. The minimum absolute atomic E-state index is 0.0659. The third-order valence-corrected chi connectivity index (χ3v) is 5.51. The molecule has 0 unspecified atom stereocenters. The molecule has 0 saturated carbocycles. The van der Waals surface area contributed by atoms with Gasteiger partial charge in [0, 0.05) is 26.1 Å². The van der Waals surface area contributed by atoms with Gasteiger partial charge in [0.25, 0.3) is 5.91 Å². The minimum Gasteiger partial charge on any atom is -0.465 e. The molecule has 2 rings (SSSR count). The number of hydrogen-bond acceptors (Lipinski definition) is 6. The summed E-state index contributed by atoms with van der Waals surface area (Å²) in [6, 6.07) is 0. The van der Waals surface area contributed by atoms with Crippen LogP contribution in [-0.2, 0) is 14.3 Å². The second kappa shape index (κ2) is 8.07. The van der Waals surface area contributed by atoms with E-state index in [4.69, 9.17) is 9.47 Å². The Kier molecular flexibility index (Phi) is 6.34. The standard InChI is InChI=1S/C17H26N2O4S/c1-5-23-16(21)17(11-22-4)7-6-8-19(10-17)15(20)13-9-18-14(24-13)12(2)3/h9,12H,5-8,10-11H2,1-4H3/t17-/m1/s1. The predicted molar refractivity (Wildman–Crippen MR) is 92.3 cm³/mol. The van der Waals surface area contributed by atoms with Crippen molar-refractivity contribution in [2.45, 2.75) is 39.5 Å². The molecule has 1 fully saturated rings. The summed E-state index contributed by atoms with van der Waals surface area (Å²) in [6.07, 6.45) is 3.06. The van der Waals surface area contributed by atoms with E-state index >= 15 is 0 Å². The van der Waals surface area contributed by atoms with E-state index in [-0.39, 0.29) is 18.5 Å². The van der Waals surface area contributed by atoms with Crippen LogP contribution in [-0.4, -0.2) is 55.2 Å². The lowest BCUT2D eigenvalue weighted by Gasteiger charge is -2.40. The maximum absolute atomic E-state index is 12.8. The Bertz CT molecular complexity index is 583. The van der Waals surface area contributed by atoms with Gasteiger partial charge in [0.2, 0.25) is 0 Å². The highest BCUT2D eigenvalue weighted by molar-refractivity contribution is 7.13. The van der Waals surface area contributed by atoms with E-state index in [0.29, 0.717) is 36.9 Å². The highest BCUT2D eigenvalue weighted by Crippen LogP contribution is 2.33. The quantitative estimate of drug-likeness (QED) is 0.735. The van der Waals surface area contributed by atoms with Crippen molar-refractivity contribution >= 4 is 23.2 Å². The smallest absolute Gasteiger partial charge is 0.316 e. The summed E-state index contributed by atoms with van der Waals surface area (Å²) >= 11 is 1.43. The van der Waals surface area contributed by atoms with Crippen LogP contribution in [0.15, 0.2) is 6.20 Å². The molecular weight excluding hydrogens is 328 g/mol. The average molecular weight is 354 g/mol. The molecule has 1 aromatic rings. The van der Waals surface area contributed by atoms with Crippen LogP contribution >= 0.6 is 11.3 Å². The fraction of sp³-hybridized carbons (Fsp3) is 0.706. The van der Waals surface area contributed by atoms with Crippen LogP contribution in [0.3, 0.4) is 0 Å². The third-order valence-electron chi connectivity index (χ3n) is 4.22. The molecule has 1 amide bonds. The maximum atomic E-state index is 12.8. The van der Waals surface area contributed by atoms with Crippen molar-refractivity contribution < 1.29 is 19.1 Å². The number of ether oxygens (including phenoxy) is 2. The Hall–Kier alpha value is -1.47. The zero-order chi connectivity index (χ0) is 17.7. The number of thiazole rings is 1. The first-order valence-electron chi connectivity index (χ1n) is 8.34. The normalized spacial score (nSPS) is 21.1. The highest BCUT2D eigenvalue weighted by Gasteiger charge is 2.45. The van der Waals surface area contributed by atoms with Crippen molar-refractivity contribution in [2.24, 2.45) is 5.41 Å². The van der Waals surface area contributed by atoms with Crippen molar-refractivity contribution in [3.8, 4) is 0 Å². The Morgan fingerprint density at radius 3 is 2.79 bits per heavy atom. The molecule has 1 aliphatic heterocycles. The molecule has 134 valence electrons. The van der Waals surface area contributed by atoms with E-state index in [9.17, 15) is 9.59 Å². The van der Waals surface area contributed by atoms with Crippen molar-refractivity contribution in [3.63, 3.8) is 0 Å². The lowest BCUT2D eigenvalue weighted by atomic mass is 9.80. The van der Waals surface area contributed by atoms with Gasteiger partial charge in [0.15, 0.2) is 0 Å². The van der Waals surface area contributed by atoms with Gasteiger partial charge >= 0.3 is 5.97 Å². The molecule has 0 aromatic carbocycles. The largest absolute Gasteiger partial charge is 0.465 e. The van der Waals surface area contributed by atoms with Gasteiger partial charge in [-0.2, -0.15) is 0 Å². The lowest BCUT2D eigenvalue weighted by molar-refractivity contribution is -0.162. The Labute approximate surface area is 147 Å². The van der Waals surface area contributed by atoms with E-state index in [1.54, 1.807) is 25.1 Å². The third kappa shape index (κ3) is 3.95. The molecule has 1 saturated heterocycles. The fourth-order valence-corrected chi connectivity index (χ4v) is 3.91. The Balaban J connectivity index is 2.17. The van der Waals surface area contributed by atoms with Crippen LogP contribution in [0.1, 0.15) is 54.2 Å². The number of aromatic nitrogens is 1. The SMILES string of the molecule is CCOC(=O)[C@]1(COC)CCCN(C(=O)c2cnc(C(C)C)s2)C1. The molecule has 0 N–H and O–H groups in total. The van der Waals surface area contributed by atoms with Crippen molar-refractivity contribution in [3.05, 3.63) is 16.1 Å². The zero-order valence-electron chi connectivity index (χ0n) is 14.8. The molecule has 0 aliphatic carbocycles. The number of likely N-dealkylation sites (tertiary alicyclic amines) is 1. The second-order valence-electron chi connectivity index (χ2n) is 6.48. The number of carbonyl (C=O) groups is 2. The van der Waals surface area contributed by atoms with Gasteiger partial charge in [0.05, 0.1) is 24.4 Å². The summed E-state index contributed by atoms with van der Waals surface area (Å²) in [6.45, 7) is 7.44. The number of amides is 1. The van der Waals surface area contributed by atoms with E-state index in [1.807, 2.05) is 0 Å². The van der Waals surface area contributed by atoms with E-state index < -0.39 is 5.41 Å². The van der Waals surface area contributed by atoms with Gasteiger partial charge in [-0.05, 0) is 19.8 Å². The predicted octanol–water partition coefficient (Wildman–Crippen LogP) is 2.70. The van der Waals surface area contributed by atoms with Gasteiger partial charge < -0.3 is 14.4 Å². The monoisotopic (exact) mass is 354 g/mol. The minimum atomic E-state index is -0.774. The number of piperidine rings is 1. The van der Waals surface area contributed by atoms with Crippen molar-refractivity contribution in [2.75, 3.05) is 33.4 Å². The number of nitrogens with zero attached hydrogens (tertiary/aromatic N) is 2. The number of methoxy groups -OCH3 is 1. The fourth-order valence-electron chi connectivity index (χ4n) is 3.02. The second-order valence-corrected chi connectivity index (χ2v) is 7.54. The molecule has 7 heteroatoms. The highest BCUT2D eigenvalue weighted by atomic mass is 32.1. The average Bonchev–Trinajstić information content (AvgIpc) is 3.05. The van der Waals surface area contributed by atoms with Gasteiger partial charge in [-0.25, -0.2) is 4.98 Å². The summed E-state index contributed by atoms with van der Waals surface area (Å²) in [4.78, 5) is 31.9. The molecule has 0 spiro atoms. The number of carbonyl (C=O) groups excluding carboxylic acids is 2. The Morgan fingerprint density at radius 2 is 2.21 bits per heavy atom. The molecular formula is C17H26N2O4S. The van der Waals surface area contributed by atoms with Gasteiger partial charge in [-0.15, -0.1) is 11.3 Å². The summed E-state index contributed by atoms with van der Waals surface area (Å²) in [5, 5.41) is 0.948. The summed E-state index contributed by atoms with van der Waals surface area (Å²) in [5.74, 6) is -0.0505. The van der Waals surface area contributed by atoms with Crippen molar-refractivity contribution in [1.82, 2.24) is 9.88 Å². The molecule has 0 radical (unpaired) electrons. The van der Waals surface area contributed by atoms with E-state index in [0.717, 1.165) is 11.4 Å². The van der Waals surface area contributed by atoms with Crippen LogP contribution in [0.2, 0.25) is 0 Å².